The van der Waals surface area contributed by atoms with E-state index in [2.05, 4.69) is 5.32 Å². The highest BCUT2D eigenvalue weighted by Crippen LogP contribution is 2.22. The molecule has 1 atom stereocenters. The van der Waals surface area contributed by atoms with E-state index in [-0.39, 0.29) is 24.4 Å². The molecule has 146 valence electrons. The number of ether oxygens (including phenoxy) is 1. The Morgan fingerprint density at radius 1 is 1.15 bits per heavy atom. The number of alkyl carbamates (subject to hydrolysis) is 1. The monoisotopic (exact) mass is 383 g/mol. The lowest BCUT2D eigenvalue weighted by molar-refractivity contribution is 0.133. The summed E-state index contributed by atoms with van der Waals surface area (Å²) in [5.41, 5.74) is 0.872. The van der Waals surface area contributed by atoms with Gasteiger partial charge in [-0.2, -0.15) is 8.42 Å². The minimum atomic E-state index is -3.71. The third-order valence-electron chi connectivity index (χ3n) is 4.54. The van der Waals surface area contributed by atoms with E-state index in [4.69, 9.17) is 8.92 Å². The molecule has 6 nitrogen and oxygen atoms in total. The van der Waals surface area contributed by atoms with Crippen LogP contribution in [0.4, 0.5) is 4.79 Å². The van der Waals surface area contributed by atoms with Gasteiger partial charge in [0.2, 0.25) is 0 Å². The second-order valence-corrected chi connectivity index (χ2v) is 8.78. The number of amides is 1. The number of hydrogen-bond donors (Lipinski definition) is 1. The Labute approximate surface area is 156 Å². The van der Waals surface area contributed by atoms with Gasteiger partial charge in [-0.25, -0.2) is 4.79 Å². The molecule has 26 heavy (non-hydrogen) atoms. The lowest BCUT2D eigenvalue weighted by Gasteiger charge is -2.25. The lowest BCUT2D eigenvalue weighted by Crippen LogP contribution is -2.44. The van der Waals surface area contributed by atoms with E-state index >= 15 is 0 Å². The molecule has 1 N–H and O–H groups in total. The highest BCUT2D eigenvalue weighted by Gasteiger charge is 2.28. The summed E-state index contributed by atoms with van der Waals surface area (Å²) in [5, 5.41) is 2.66. The van der Waals surface area contributed by atoms with Crippen LogP contribution in [0, 0.1) is 5.92 Å². The number of carbonyl (C=O) groups excluding carboxylic acids is 1. The van der Waals surface area contributed by atoms with Crippen LogP contribution < -0.4 is 5.32 Å². The van der Waals surface area contributed by atoms with Crippen molar-refractivity contribution >= 4 is 16.2 Å². The van der Waals surface area contributed by atoms with Crippen molar-refractivity contribution in [2.24, 2.45) is 5.92 Å². The van der Waals surface area contributed by atoms with Gasteiger partial charge in [0, 0.05) is 0 Å². The van der Waals surface area contributed by atoms with Crippen LogP contribution in [0.1, 0.15) is 51.5 Å². The van der Waals surface area contributed by atoms with E-state index in [0.29, 0.717) is 0 Å². The Kier molecular flexibility index (Phi) is 7.90. The van der Waals surface area contributed by atoms with E-state index in [1.807, 2.05) is 44.2 Å². The summed E-state index contributed by atoms with van der Waals surface area (Å²) in [6.07, 6.45) is 3.82. The highest BCUT2D eigenvalue weighted by atomic mass is 32.2. The predicted molar refractivity (Wildman–Crippen MR) is 100 cm³/mol. The van der Waals surface area contributed by atoms with E-state index in [0.717, 1.165) is 37.7 Å². The van der Waals surface area contributed by atoms with Gasteiger partial charge in [-0.3, -0.25) is 4.18 Å². The SMILES string of the molecule is CC(C)C(CS(=O)(=O)OC1CCCCC1)NC(=O)OCc1ccccc1. The summed E-state index contributed by atoms with van der Waals surface area (Å²) in [6, 6.07) is 8.76. The quantitative estimate of drug-likeness (QED) is 0.694. The maximum Gasteiger partial charge on any atom is 0.407 e. The molecule has 1 amide bonds. The zero-order valence-electron chi connectivity index (χ0n) is 15.5. The van der Waals surface area contributed by atoms with Gasteiger partial charge in [-0.15, -0.1) is 0 Å². The first-order valence-corrected chi connectivity index (χ1v) is 10.8. The first kappa shape index (κ1) is 20.7. The molecule has 2 rings (SSSR count). The topological polar surface area (TPSA) is 81.7 Å². The Bertz CT molecular complexity index is 654. The fraction of sp³-hybridized carbons (Fsp3) is 0.632. The molecule has 0 bridgehead atoms. The highest BCUT2D eigenvalue weighted by molar-refractivity contribution is 7.86. The number of hydrogen-bond acceptors (Lipinski definition) is 5. The minimum absolute atomic E-state index is 0.0657. The van der Waals surface area contributed by atoms with Crippen molar-refractivity contribution in [1.82, 2.24) is 5.32 Å². The Morgan fingerprint density at radius 3 is 2.42 bits per heavy atom. The van der Waals surface area contributed by atoms with Gasteiger partial charge in [0.05, 0.1) is 17.9 Å². The average Bonchev–Trinajstić information content (AvgIpc) is 2.60. The van der Waals surface area contributed by atoms with E-state index < -0.39 is 22.3 Å². The number of benzene rings is 1. The van der Waals surface area contributed by atoms with Crippen LogP contribution in [-0.4, -0.2) is 32.4 Å². The van der Waals surface area contributed by atoms with Gasteiger partial charge in [0.1, 0.15) is 6.61 Å². The molecule has 1 aliphatic carbocycles. The smallest absolute Gasteiger partial charge is 0.407 e. The molecule has 1 fully saturated rings. The van der Waals surface area contributed by atoms with Gasteiger partial charge in [-0.1, -0.05) is 63.4 Å². The molecule has 0 aliphatic heterocycles. The fourth-order valence-electron chi connectivity index (χ4n) is 2.94. The van der Waals surface area contributed by atoms with Crippen LogP contribution in [0.15, 0.2) is 30.3 Å². The zero-order chi connectivity index (χ0) is 19.0. The maximum absolute atomic E-state index is 12.4. The van der Waals surface area contributed by atoms with Crippen LogP contribution >= 0.6 is 0 Å². The van der Waals surface area contributed by atoms with Crippen LogP contribution in [0.25, 0.3) is 0 Å². The van der Waals surface area contributed by atoms with Crippen LogP contribution in [0.5, 0.6) is 0 Å². The summed E-state index contributed by atoms with van der Waals surface area (Å²) >= 11 is 0. The van der Waals surface area contributed by atoms with Gasteiger partial charge in [-0.05, 0) is 24.3 Å². The number of carbonyl (C=O) groups is 1. The second kappa shape index (κ2) is 9.92. The molecule has 1 aromatic carbocycles. The van der Waals surface area contributed by atoms with E-state index in [9.17, 15) is 13.2 Å². The van der Waals surface area contributed by atoms with Crippen molar-refractivity contribution in [3.05, 3.63) is 35.9 Å². The first-order chi connectivity index (χ1) is 12.4. The molecule has 1 aromatic rings. The standard InChI is InChI=1S/C19H29NO5S/c1-15(2)18(14-26(22,23)25-17-11-7-4-8-12-17)20-19(21)24-13-16-9-5-3-6-10-16/h3,5-6,9-10,15,17-18H,4,7-8,11-14H2,1-2H3,(H,20,21). The normalized spacial score (nSPS) is 17.0. The molecule has 0 spiro atoms. The molecule has 1 aliphatic rings. The van der Waals surface area contributed by atoms with Gasteiger partial charge in [0.25, 0.3) is 10.1 Å². The molecule has 0 radical (unpaired) electrons. The van der Waals surface area contributed by atoms with Crippen molar-refractivity contribution in [1.29, 1.82) is 0 Å². The summed E-state index contributed by atoms with van der Waals surface area (Å²) in [6.45, 7) is 3.86. The molecule has 1 unspecified atom stereocenters. The van der Waals surface area contributed by atoms with Crippen molar-refractivity contribution in [2.45, 2.75) is 64.7 Å². The Morgan fingerprint density at radius 2 is 1.81 bits per heavy atom. The largest absolute Gasteiger partial charge is 0.445 e. The number of rotatable bonds is 8. The van der Waals surface area contributed by atoms with Crippen LogP contribution in [0.3, 0.4) is 0 Å². The summed E-state index contributed by atoms with van der Waals surface area (Å²) in [5.74, 6) is -0.314. The van der Waals surface area contributed by atoms with Gasteiger partial charge in [0.15, 0.2) is 0 Å². The zero-order valence-corrected chi connectivity index (χ0v) is 16.3. The summed E-state index contributed by atoms with van der Waals surface area (Å²) < 4.78 is 35.3. The van der Waals surface area contributed by atoms with E-state index in [1.165, 1.54) is 0 Å². The van der Waals surface area contributed by atoms with Crippen LogP contribution in [0.2, 0.25) is 0 Å². The molecule has 0 heterocycles. The maximum atomic E-state index is 12.4. The second-order valence-electron chi connectivity index (χ2n) is 7.14. The first-order valence-electron chi connectivity index (χ1n) is 9.24. The summed E-state index contributed by atoms with van der Waals surface area (Å²) in [7, 11) is -3.71. The van der Waals surface area contributed by atoms with Crippen LogP contribution in [-0.2, 0) is 25.6 Å². The van der Waals surface area contributed by atoms with Crippen molar-refractivity contribution in [3.8, 4) is 0 Å². The number of nitrogens with one attached hydrogen (secondary N) is 1. The molecular weight excluding hydrogens is 354 g/mol. The van der Waals surface area contributed by atoms with Crippen molar-refractivity contribution < 1.29 is 22.1 Å². The minimum Gasteiger partial charge on any atom is -0.445 e. The average molecular weight is 384 g/mol. The van der Waals surface area contributed by atoms with E-state index in [1.54, 1.807) is 0 Å². The third-order valence-corrected chi connectivity index (χ3v) is 5.87. The Hall–Kier alpha value is -1.60. The molecule has 1 saturated carbocycles. The Balaban J connectivity index is 1.85. The molecular formula is C19H29NO5S. The van der Waals surface area contributed by atoms with Crippen molar-refractivity contribution in [2.75, 3.05) is 5.75 Å². The third kappa shape index (κ3) is 7.33. The molecule has 0 saturated heterocycles. The van der Waals surface area contributed by atoms with Gasteiger partial charge < -0.3 is 10.1 Å². The van der Waals surface area contributed by atoms with Gasteiger partial charge >= 0.3 is 6.09 Å². The predicted octanol–water partition coefficient (Wildman–Crippen LogP) is 3.62. The van der Waals surface area contributed by atoms with Crippen molar-refractivity contribution in [3.63, 3.8) is 0 Å². The molecule has 7 heteroatoms. The fourth-order valence-corrected chi connectivity index (χ4v) is 4.54. The summed E-state index contributed by atoms with van der Waals surface area (Å²) in [4.78, 5) is 12.0. The molecule has 0 aromatic heterocycles. The lowest BCUT2D eigenvalue weighted by atomic mass is 9.98.